The fourth-order valence-corrected chi connectivity index (χ4v) is 4.30. The lowest BCUT2D eigenvalue weighted by molar-refractivity contribution is -0.124. The van der Waals surface area contributed by atoms with Gasteiger partial charge in [0.1, 0.15) is 6.04 Å². The summed E-state index contributed by atoms with van der Waals surface area (Å²) < 4.78 is 0. The number of nitrogens with zero attached hydrogens (tertiary/aromatic N) is 1. The van der Waals surface area contributed by atoms with Crippen molar-refractivity contribution in [2.24, 2.45) is 5.92 Å². The van der Waals surface area contributed by atoms with Gasteiger partial charge in [0, 0.05) is 30.4 Å². The molecule has 0 saturated carbocycles. The number of aromatic nitrogens is 1. The molecular formula is C27H29N3O2. The molecule has 1 aromatic heterocycles. The molecule has 32 heavy (non-hydrogen) atoms. The van der Waals surface area contributed by atoms with Gasteiger partial charge in [0.2, 0.25) is 5.91 Å². The Balaban J connectivity index is 1.48. The third-order valence-electron chi connectivity index (χ3n) is 6.30. The van der Waals surface area contributed by atoms with Gasteiger partial charge in [-0.2, -0.15) is 0 Å². The number of aryl methyl sites for hydroxylation is 2. The quantitative estimate of drug-likeness (QED) is 0.606. The molecule has 5 nitrogen and oxygen atoms in total. The highest BCUT2D eigenvalue weighted by atomic mass is 16.2. The highest BCUT2D eigenvalue weighted by Gasteiger charge is 2.34. The van der Waals surface area contributed by atoms with Crippen LogP contribution in [0.25, 0.3) is 0 Å². The summed E-state index contributed by atoms with van der Waals surface area (Å²) in [5.41, 5.74) is 6.21. The third-order valence-corrected chi connectivity index (χ3v) is 6.30. The van der Waals surface area contributed by atoms with Crippen molar-refractivity contribution in [3.05, 3.63) is 100 Å². The van der Waals surface area contributed by atoms with Crippen LogP contribution in [0.4, 0.5) is 0 Å². The zero-order chi connectivity index (χ0) is 22.5. The standard InChI is InChI=1S/C27H29N3O2/c1-18-10-11-22(15-19(18)2)26(31)30-25(23-16-20-7-3-4-8-21(20)17-23)27(32)29-14-12-24-9-5-6-13-28-24/h3-11,13,15,23,25H,12,14,16-17H2,1-2H3,(H,29,32)(H,30,31)/t25-/m1/s1. The zero-order valence-corrected chi connectivity index (χ0v) is 18.6. The molecule has 1 atom stereocenters. The number of amides is 2. The lowest BCUT2D eigenvalue weighted by Gasteiger charge is -2.24. The molecule has 2 N–H and O–H groups in total. The highest BCUT2D eigenvalue weighted by Crippen LogP contribution is 2.29. The Labute approximate surface area is 189 Å². The highest BCUT2D eigenvalue weighted by molar-refractivity contribution is 5.98. The van der Waals surface area contributed by atoms with Gasteiger partial charge >= 0.3 is 0 Å². The monoisotopic (exact) mass is 427 g/mol. The van der Waals surface area contributed by atoms with Crippen LogP contribution in [0.2, 0.25) is 0 Å². The summed E-state index contributed by atoms with van der Waals surface area (Å²) in [5, 5.41) is 6.06. The molecule has 4 rings (SSSR count). The fraction of sp³-hybridized carbons (Fsp3) is 0.296. The van der Waals surface area contributed by atoms with Gasteiger partial charge in [-0.3, -0.25) is 14.6 Å². The number of hydrogen-bond donors (Lipinski definition) is 2. The maximum absolute atomic E-state index is 13.2. The Hall–Kier alpha value is -3.47. The van der Waals surface area contributed by atoms with Gasteiger partial charge in [-0.15, -0.1) is 0 Å². The molecule has 164 valence electrons. The van der Waals surface area contributed by atoms with Gasteiger partial charge in [-0.25, -0.2) is 0 Å². The van der Waals surface area contributed by atoms with Crippen molar-refractivity contribution >= 4 is 11.8 Å². The van der Waals surface area contributed by atoms with E-state index < -0.39 is 6.04 Å². The molecule has 1 aliphatic carbocycles. The van der Waals surface area contributed by atoms with Crippen molar-refractivity contribution in [2.45, 2.75) is 39.2 Å². The molecular weight excluding hydrogens is 398 g/mol. The van der Waals surface area contributed by atoms with Gasteiger partial charge in [-0.1, -0.05) is 36.4 Å². The smallest absolute Gasteiger partial charge is 0.251 e. The molecule has 3 aromatic rings. The predicted octanol–water partition coefficient (Wildman–Crippen LogP) is 3.57. The molecule has 2 aromatic carbocycles. The Morgan fingerprint density at radius 2 is 1.69 bits per heavy atom. The average Bonchev–Trinajstić information content (AvgIpc) is 3.23. The average molecular weight is 428 g/mol. The predicted molar refractivity (Wildman–Crippen MR) is 125 cm³/mol. The van der Waals surface area contributed by atoms with Gasteiger partial charge < -0.3 is 10.6 Å². The Kier molecular flexibility index (Phi) is 6.64. The summed E-state index contributed by atoms with van der Waals surface area (Å²) in [6.07, 6.45) is 3.96. The van der Waals surface area contributed by atoms with E-state index in [1.807, 2.05) is 62.4 Å². The second-order valence-electron chi connectivity index (χ2n) is 8.55. The fourth-order valence-electron chi connectivity index (χ4n) is 4.30. The van der Waals surface area contributed by atoms with Crippen molar-refractivity contribution in [1.29, 1.82) is 0 Å². The van der Waals surface area contributed by atoms with Crippen LogP contribution >= 0.6 is 0 Å². The first-order chi connectivity index (χ1) is 15.5. The van der Waals surface area contributed by atoms with Crippen molar-refractivity contribution < 1.29 is 9.59 Å². The topological polar surface area (TPSA) is 71.1 Å². The Bertz CT molecular complexity index is 1090. The Morgan fingerprint density at radius 3 is 2.34 bits per heavy atom. The van der Waals surface area contributed by atoms with E-state index in [1.54, 1.807) is 6.20 Å². The van der Waals surface area contributed by atoms with Crippen LogP contribution in [0.5, 0.6) is 0 Å². The number of nitrogens with one attached hydrogen (secondary N) is 2. The van der Waals surface area contributed by atoms with Crippen molar-refractivity contribution in [3.63, 3.8) is 0 Å². The summed E-state index contributed by atoms with van der Waals surface area (Å²) >= 11 is 0. The zero-order valence-electron chi connectivity index (χ0n) is 18.6. The van der Waals surface area contributed by atoms with Crippen LogP contribution in [0.1, 0.15) is 38.3 Å². The van der Waals surface area contributed by atoms with E-state index in [1.165, 1.54) is 11.1 Å². The van der Waals surface area contributed by atoms with Gasteiger partial charge in [-0.05, 0) is 79.1 Å². The number of hydrogen-bond acceptors (Lipinski definition) is 3. The summed E-state index contributed by atoms with van der Waals surface area (Å²) in [7, 11) is 0. The number of benzene rings is 2. The molecule has 5 heteroatoms. The minimum atomic E-state index is -0.597. The van der Waals surface area contributed by atoms with Gasteiger partial charge in [0.05, 0.1) is 0 Å². The number of rotatable bonds is 7. The number of carbonyl (C=O) groups excluding carboxylic acids is 2. The van der Waals surface area contributed by atoms with Crippen LogP contribution < -0.4 is 10.6 Å². The van der Waals surface area contributed by atoms with E-state index in [9.17, 15) is 9.59 Å². The molecule has 0 radical (unpaired) electrons. The largest absolute Gasteiger partial charge is 0.354 e. The van der Waals surface area contributed by atoms with E-state index in [-0.39, 0.29) is 17.7 Å². The van der Waals surface area contributed by atoms with E-state index in [0.717, 1.165) is 29.7 Å². The first-order valence-corrected chi connectivity index (χ1v) is 11.1. The summed E-state index contributed by atoms with van der Waals surface area (Å²) in [6, 6.07) is 19.1. The third kappa shape index (κ3) is 5.05. The van der Waals surface area contributed by atoms with Crippen LogP contribution in [0.3, 0.4) is 0 Å². The second-order valence-corrected chi connectivity index (χ2v) is 8.55. The first kappa shape index (κ1) is 21.8. The number of carbonyl (C=O) groups is 2. The van der Waals surface area contributed by atoms with Crippen LogP contribution in [-0.4, -0.2) is 29.4 Å². The first-order valence-electron chi connectivity index (χ1n) is 11.1. The minimum absolute atomic E-state index is 0.0257. The van der Waals surface area contributed by atoms with Gasteiger partial charge in [0.15, 0.2) is 0 Å². The van der Waals surface area contributed by atoms with E-state index in [4.69, 9.17) is 0 Å². The molecule has 1 aliphatic rings. The normalized spacial score (nSPS) is 13.9. The maximum Gasteiger partial charge on any atom is 0.251 e. The van der Waals surface area contributed by atoms with E-state index >= 15 is 0 Å². The minimum Gasteiger partial charge on any atom is -0.354 e. The molecule has 1 heterocycles. The summed E-state index contributed by atoms with van der Waals surface area (Å²) in [4.78, 5) is 30.6. The molecule has 0 aliphatic heterocycles. The maximum atomic E-state index is 13.2. The lowest BCUT2D eigenvalue weighted by Crippen LogP contribution is -2.51. The molecule has 0 unspecified atom stereocenters. The molecule has 0 bridgehead atoms. The molecule has 0 fully saturated rings. The molecule has 0 spiro atoms. The van der Waals surface area contributed by atoms with Crippen LogP contribution in [0, 0.1) is 19.8 Å². The van der Waals surface area contributed by atoms with Crippen molar-refractivity contribution in [2.75, 3.05) is 6.54 Å². The number of fused-ring (bicyclic) bond motifs is 1. The van der Waals surface area contributed by atoms with E-state index in [2.05, 4.69) is 27.8 Å². The lowest BCUT2D eigenvalue weighted by atomic mass is 9.95. The van der Waals surface area contributed by atoms with E-state index in [0.29, 0.717) is 18.5 Å². The SMILES string of the molecule is Cc1ccc(C(=O)N[C@@H](C(=O)NCCc2ccccn2)C2Cc3ccccc3C2)cc1C. The number of pyridine rings is 1. The second kappa shape index (κ2) is 9.77. The van der Waals surface area contributed by atoms with Crippen LogP contribution in [-0.2, 0) is 24.1 Å². The Morgan fingerprint density at radius 1 is 0.969 bits per heavy atom. The van der Waals surface area contributed by atoms with Crippen molar-refractivity contribution in [1.82, 2.24) is 15.6 Å². The molecule has 2 amide bonds. The molecule has 0 saturated heterocycles. The summed E-state index contributed by atoms with van der Waals surface area (Å²) in [6.45, 7) is 4.48. The summed E-state index contributed by atoms with van der Waals surface area (Å²) in [5.74, 6) is -0.331. The van der Waals surface area contributed by atoms with Crippen molar-refractivity contribution in [3.8, 4) is 0 Å². The van der Waals surface area contributed by atoms with Gasteiger partial charge in [0.25, 0.3) is 5.91 Å². The van der Waals surface area contributed by atoms with Crippen LogP contribution in [0.15, 0.2) is 66.9 Å².